The highest BCUT2D eigenvalue weighted by Gasteiger charge is 2.45. The van der Waals surface area contributed by atoms with Gasteiger partial charge in [-0.1, -0.05) is 0 Å². The number of amides is 1. The lowest BCUT2D eigenvalue weighted by Crippen LogP contribution is -2.46. The van der Waals surface area contributed by atoms with Crippen LogP contribution in [-0.4, -0.2) is 57.9 Å². The number of nitrogens with one attached hydrogen (secondary N) is 1. The van der Waals surface area contributed by atoms with Gasteiger partial charge >= 0.3 is 6.36 Å². The first-order chi connectivity index (χ1) is 17.7. The Morgan fingerprint density at radius 3 is 2.57 bits per heavy atom. The van der Waals surface area contributed by atoms with Gasteiger partial charge in [0.15, 0.2) is 5.65 Å². The van der Waals surface area contributed by atoms with E-state index in [1.807, 2.05) is 6.07 Å². The molecule has 1 amide bonds. The van der Waals surface area contributed by atoms with Crippen molar-refractivity contribution in [3.8, 4) is 5.75 Å². The summed E-state index contributed by atoms with van der Waals surface area (Å²) in [5, 5.41) is 0. The van der Waals surface area contributed by atoms with Gasteiger partial charge in [-0.15, -0.1) is 13.2 Å². The van der Waals surface area contributed by atoms with Crippen molar-refractivity contribution in [3.63, 3.8) is 0 Å². The number of alkyl halides is 3. The number of aromatic nitrogens is 3. The number of likely N-dealkylation sites (tertiary alicyclic amines) is 1. The minimum Gasteiger partial charge on any atom is -0.406 e. The van der Waals surface area contributed by atoms with Crippen LogP contribution in [0.15, 0.2) is 30.5 Å². The Morgan fingerprint density at radius 1 is 1.16 bits per heavy atom. The maximum absolute atomic E-state index is 13.1. The summed E-state index contributed by atoms with van der Waals surface area (Å²) in [6.07, 6.45) is 3.09. The molecule has 1 aliphatic carbocycles. The number of rotatable bonds is 4. The third-order valence-electron chi connectivity index (χ3n) is 8.11. The highest BCUT2D eigenvalue weighted by atomic mass is 19.4. The van der Waals surface area contributed by atoms with Crippen molar-refractivity contribution < 1.29 is 27.4 Å². The maximum Gasteiger partial charge on any atom is 0.573 e. The van der Waals surface area contributed by atoms with E-state index in [9.17, 15) is 18.0 Å². The number of benzene rings is 1. The predicted molar refractivity (Wildman–Crippen MR) is 129 cm³/mol. The highest BCUT2D eigenvalue weighted by Crippen LogP contribution is 2.45. The number of piperidine rings is 1. The van der Waals surface area contributed by atoms with Crippen molar-refractivity contribution in [2.45, 2.75) is 62.3 Å². The number of pyridine rings is 1. The summed E-state index contributed by atoms with van der Waals surface area (Å²) in [6.45, 7) is 1.70. The number of imidazole rings is 1. The number of nitrogens with two attached hydrogens (primary N) is 1. The van der Waals surface area contributed by atoms with E-state index in [1.165, 1.54) is 6.07 Å². The molecule has 0 radical (unpaired) electrons. The number of nitrogen functional groups attached to an aromatic ring is 1. The number of fused-ring (bicyclic) bond motifs is 4. The Kier molecular flexibility index (Phi) is 5.78. The molecule has 4 aliphatic rings. The Morgan fingerprint density at radius 2 is 1.92 bits per heavy atom. The van der Waals surface area contributed by atoms with Gasteiger partial charge in [-0.3, -0.25) is 4.79 Å². The molecule has 1 saturated carbocycles. The molecule has 37 heavy (non-hydrogen) atoms. The highest BCUT2D eigenvalue weighted by molar-refractivity contribution is 5.99. The maximum atomic E-state index is 13.1. The molecule has 4 fully saturated rings. The van der Waals surface area contributed by atoms with Crippen LogP contribution in [0.25, 0.3) is 11.2 Å². The van der Waals surface area contributed by atoms with E-state index < -0.39 is 12.1 Å². The summed E-state index contributed by atoms with van der Waals surface area (Å²) in [4.78, 5) is 27.8. The summed E-state index contributed by atoms with van der Waals surface area (Å²) >= 11 is 0. The Labute approximate surface area is 211 Å². The fourth-order valence-corrected chi connectivity index (χ4v) is 6.04. The zero-order valence-electron chi connectivity index (χ0n) is 20.2. The summed E-state index contributed by atoms with van der Waals surface area (Å²) in [5.41, 5.74) is 8.73. The average Bonchev–Trinajstić information content (AvgIpc) is 3.34. The van der Waals surface area contributed by atoms with Crippen molar-refractivity contribution >= 4 is 22.8 Å². The second kappa shape index (κ2) is 8.90. The van der Waals surface area contributed by atoms with Crippen LogP contribution >= 0.6 is 0 Å². The summed E-state index contributed by atoms with van der Waals surface area (Å²) in [5.74, 6) is 0.416. The van der Waals surface area contributed by atoms with Crippen LogP contribution in [0.5, 0.6) is 5.75 Å². The molecule has 196 valence electrons. The number of hydrogen-bond donors (Lipinski definition) is 2. The van der Waals surface area contributed by atoms with Crippen LogP contribution in [0.2, 0.25) is 0 Å². The smallest absolute Gasteiger partial charge is 0.406 e. The molecule has 3 aliphatic heterocycles. The van der Waals surface area contributed by atoms with Gasteiger partial charge < -0.3 is 25.1 Å². The minimum absolute atomic E-state index is 0.0473. The van der Waals surface area contributed by atoms with Gasteiger partial charge in [0.2, 0.25) is 0 Å². The van der Waals surface area contributed by atoms with Crippen LogP contribution in [0.3, 0.4) is 0 Å². The second-order valence-corrected chi connectivity index (χ2v) is 10.3. The number of H-pyrrole nitrogens is 1. The number of hydrogen-bond acceptors (Lipinski definition) is 6. The molecular formula is C26H28F3N5O3. The summed E-state index contributed by atoms with van der Waals surface area (Å²) < 4.78 is 47.3. The molecule has 1 aromatic carbocycles. The first kappa shape index (κ1) is 24.0. The largest absolute Gasteiger partial charge is 0.573 e. The predicted octanol–water partition coefficient (Wildman–Crippen LogP) is 4.67. The van der Waals surface area contributed by atoms with E-state index in [-0.39, 0.29) is 28.5 Å². The Bertz CT molecular complexity index is 1310. The van der Waals surface area contributed by atoms with Gasteiger partial charge in [-0.2, -0.15) is 0 Å². The van der Waals surface area contributed by atoms with Gasteiger partial charge in [0, 0.05) is 31.0 Å². The second-order valence-electron chi connectivity index (χ2n) is 10.3. The SMILES string of the molecule is Nc1cc(OC(F)(F)F)ccc1C(=O)N1CCC(c2ccnc3[nH]c(C45CCC(CC4)OC5)nc23)CC1. The third kappa shape index (κ3) is 4.49. The van der Waals surface area contributed by atoms with Gasteiger partial charge in [0.25, 0.3) is 5.91 Å². The molecule has 3 aromatic rings. The molecule has 2 aromatic heterocycles. The van der Waals surface area contributed by atoms with Gasteiger partial charge in [-0.25, -0.2) is 9.97 Å². The number of aromatic amines is 1. The van der Waals surface area contributed by atoms with Crippen molar-refractivity contribution in [2.75, 3.05) is 25.4 Å². The number of halogens is 3. The zero-order valence-corrected chi connectivity index (χ0v) is 20.2. The molecule has 11 heteroatoms. The average molecular weight is 516 g/mol. The van der Waals surface area contributed by atoms with Gasteiger partial charge in [-0.05, 0) is 68.2 Å². The quantitative estimate of drug-likeness (QED) is 0.489. The molecule has 7 rings (SSSR count). The lowest BCUT2D eigenvalue weighted by atomic mass is 9.71. The number of nitrogens with zero attached hydrogens (tertiary/aromatic N) is 3. The standard InChI is InChI=1S/C26H28F3N5O3/c27-26(28,29)37-17-1-2-19(20(30)13-17)23(35)34-11-6-15(7-12-34)18-5-10-31-22-21(18)32-24(33-22)25-8-3-16(4-9-25)36-14-25/h1-2,5,10,13,15-16H,3-4,6-9,11-12,14,30H2,(H,31,32,33). The van der Waals surface area contributed by atoms with Gasteiger partial charge in [0.05, 0.1) is 23.7 Å². The number of carbonyl (C=O) groups is 1. The number of carbonyl (C=O) groups excluding carboxylic acids is 1. The van der Waals surface area contributed by atoms with E-state index in [0.717, 1.165) is 73.2 Å². The lowest BCUT2D eigenvalue weighted by molar-refractivity contribution is -0.274. The summed E-state index contributed by atoms with van der Waals surface area (Å²) in [7, 11) is 0. The number of anilines is 1. The van der Waals surface area contributed by atoms with E-state index in [0.29, 0.717) is 25.8 Å². The molecule has 3 saturated heterocycles. The fraction of sp³-hybridized carbons (Fsp3) is 0.500. The summed E-state index contributed by atoms with van der Waals surface area (Å²) in [6, 6.07) is 5.43. The molecule has 8 nitrogen and oxygen atoms in total. The van der Waals surface area contributed by atoms with Crippen LogP contribution < -0.4 is 10.5 Å². The van der Waals surface area contributed by atoms with E-state index >= 15 is 0 Å². The topological polar surface area (TPSA) is 106 Å². The molecule has 0 atom stereocenters. The fourth-order valence-electron chi connectivity index (χ4n) is 6.04. The van der Waals surface area contributed by atoms with Crippen molar-refractivity contribution in [2.24, 2.45) is 0 Å². The van der Waals surface area contributed by atoms with Crippen molar-refractivity contribution in [1.29, 1.82) is 0 Å². The molecule has 0 spiro atoms. The molecule has 5 heterocycles. The lowest BCUT2D eigenvalue weighted by Gasteiger charge is -2.44. The molecular weight excluding hydrogens is 487 g/mol. The molecule has 2 bridgehead atoms. The van der Waals surface area contributed by atoms with Crippen LogP contribution in [0.1, 0.15) is 66.2 Å². The van der Waals surface area contributed by atoms with Crippen LogP contribution in [0.4, 0.5) is 18.9 Å². The van der Waals surface area contributed by atoms with Gasteiger partial charge in [0.1, 0.15) is 17.1 Å². The van der Waals surface area contributed by atoms with E-state index in [1.54, 1.807) is 11.1 Å². The van der Waals surface area contributed by atoms with Crippen LogP contribution in [0, 0.1) is 0 Å². The third-order valence-corrected chi connectivity index (χ3v) is 8.11. The zero-order chi connectivity index (χ0) is 25.8. The van der Waals surface area contributed by atoms with E-state index in [2.05, 4.69) is 14.7 Å². The minimum atomic E-state index is -4.82. The van der Waals surface area contributed by atoms with Crippen molar-refractivity contribution in [1.82, 2.24) is 19.9 Å². The van der Waals surface area contributed by atoms with Crippen LogP contribution in [-0.2, 0) is 10.2 Å². The Hall–Kier alpha value is -3.34. The monoisotopic (exact) mass is 515 g/mol. The first-order valence-electron chi connectivity index (χ1n) is 12.6. The molecule has 0 unspecified atom stereocenters. The normalized spacial score (nSPS) is 24.5. The Balaban J connectivity index is 1.16. The molecule has 3 N–H and O–H groups in total. The van der Waals surface area contributed by atoms with E-state index in [4.69, 9.17) is 15.5 Å². The van der Waals surface area contributed by atoms with Crippen molar-refractivity contribution in [3.05, 3.63) is 47.4 Å². The first-order valence-corrected chi connectivity index (χ1v) is 12.6. The number of ether oxygens (including phenoxy) is 2.